The van der Waals surface area contributed by atoms with Gasteiger partial charge < -0.3 is 4.57 Å². The normalized spacial score (nSPS) is 17.8. The van der Waals surface area contributed by atoms with Gasteiger partial charge in [0.15, 0.2) is 0 Å². The van der Waals surface area contributed by atoms with Crippen LogP contribution in [0, 0.1) is 6.92 Å². The molecular weight excluding hydrogens is 162 g/mol. The van der Waals surface area contributed by atoms with Crippen LogP contribution in [0.15, 0.2) is 6.20 Å². The number of fused-ring (bicyclic) bond motifs is 1. The predicted octanol–water partition coefficient (Wildman–Crippen LogP) is 1.42. The van der Waals surface area contributed by atoms with Gasteiger partial charge in [-0.1, -0.05) is 0 Å². The van der Waals surface area contributed by atoms with Crippen LogP contribution in [0.4, 0.5) is 0 Å². The highest BCUT2D eigenvalue weighted by Gasteiger charge is 2.19. The first-order valence-electron chi connectivity index (χ1n) is 4.93. The van der Waals surface area contributed by atoms with Gasteiger partial charge >= 0.3 is 0 Å². The summed E-state index contributed by atoms with van der Waals surface area (Å²) < 4.78 is 2.32. The number of imidazole rings is 1. The second kappa shape index (κ2) is 3.14. The second-order valence-corrected chi connectivity index (χ2v) is 4.03. The molecule has 0 aliphatic carbocycles. The lowest BCUT2D eigenvalue weighted by Gasteiger charge is -2.31. The Morgan fingerprint density at radius 2 is 2.15 bits per heavy atom. The summed E-state index contributed by atoms with van der Waals surface area (Å²) in [6.07, 6.45) is 1.97. The molecule has 0 unspecified atom stereocenters. The minimum absolute atomic E-state index is 0.630. The van der Waals surface area contributed by atoms with Gasteiger partial charge in [-0.15, -0.1) is 0 Å². The van der Waals surface area contributed by atoms with Crippen LogP contribution in [0.25, 0.3) is 0 Å². The first-order valence-corrected chi connectivity index (χ1v) is 4.93. The lowest BCUT2D eigenvalue weighted by molar-refractivity contribution is 0.172. The smallest absolute Gasteiger partial charge is 0.123 e. The van der Waals surface area contributed by atoms with E-state index in [1.807, 2.05) is 6.20 Å². The average molecular weight is 179 g/mol. The zero-order valence-electron chi connectivity index (χ0n) is 8.62. The molecule has 0 spiro atoms. The third kappa shape index (κ3) is 1.48. The van der Waals surface area contributed by atoms with Gasteiger partial charge in [0.05, 0.1) is 6.54 Å². The highest BCUT2D eigenvalue weighted by Crippen LogP contribution is 2.15. The van der Waals surface area contributed by atoms with Crippen molar-refractivity contribution in [1.82, 2.24) is 14.5 Å². The molecule has 1 aromatic heterocycles. The zero-order valence-corrected chi connectivity index (χ0v) is 8.62. The fourth-order valence-electron chi connectivity index (χ4n) is 1.87. The summed E-state index contributed by atoms with van der Waals surface area (Å²) in [6, 6.07) is 0.630. The maximum absolute atomic E-state index is 4.41. The Balaban J connectivity index is 2.21. The van der Waals surface area contributed by atoms with E-state index in [4.69, 9.17) is 0 Å². The van der Waals surface area contributed by atoms with Crippen molar-refractivity contribution >= 4 is 0 Å². The minimum atomic E-state index is 0.630. The number of hydrogen-bond acceptors (Lipinski definition) is 2. The third-order valence-electron chi connectivity index (χ3n) is 2.82. The van der Waals surface area contributed by atoms with E-state index in [-0.39, 0.29) is 0 Å². The van der Waals surface area contributed by atoms with Crippen LogP contribution in [-0.4, -0.2) is 27.0 Å². The van der Waals surface area contributed by atoms with Crippen LogP contribution >= 0.6 is 0 Å². The Labute approximate surface area is 79.4 Å². The van der Waals surface area contributed by atoms with Gasteiger partial charge in [-0.25, -0.2) is 4.98 Å². The van der Waals surface area contributed by atoms with E-state index in [1.165, 1.54) is 11.5 Å². The largest absolute Gasteiger partial charge is 0.330 e. The molecule has 0 aromatic carbocycles. The topological polar surface area (TPSA) is 21.1 Å². The van der Waals surface area contributed by atoms with Crippen molar-refractivity contribution in [2.75, 3.05) is 6.54 Å². The summed E-state index contributed by atoms with van der Waals surface area (Å²) in [5.41, 5.74) is 1.29. The summed E-state index contributed by atoms with van der Waals surface area (Å²) in [5, 5.41) is 0. The van der Waals surface area contributed by atoms with Gasteiger partial charge in [0.25, 0.3) is 0 Å². The van der Waals surface area contributed by atoms with Crippen LogP contribution in [0.5, 0.6) is 0 Å². The van der Waals surface area contributed by atoms with Crippen molar-refractivity contribution in [3.05, 3.63) is 17.7 Å². The number of hydrogen-bond donors (Lipinski definition) is 0. The average Bonchev–Trinajstić information content (AvgIpc) is 2.47. The molecule has 0 bridgehead atoms. The van der Waals surface area contributed by atoms with E-state index in [9.17, 15) is 0 Å². The van der Waals surface area contributed by atoms with E-state index < -0.39 is 0 Å². The zero-order chi connectivity index (χ0) is 9.42. The van der Waals surface area contributed by atoms with E-state index in [0.717, 1.165) is 19.6 Å². The lowest BCUT2D eigenvalue weighted by Crippen LogP contribution is -2.38. The molecule has 3 nitrogen and oxygen atoms in total. The lowest BCUT2D eigenvalue weighted by atomic mass is 10.2. The molecule has 1 aromatic rings. The van der Waals surface area contributed by atoms with Gasteiger partial charge in [0.2, 0.25) is 0 Å². The fraction of sp³-hybridized carbons (Fsp3) is 0.700. The first-order chi connectivity index (χ1) is 6.18. The maximum Gasteiger partial charge on any atom is 0.123 e. The Morgan fingerprint density at radius 3 is 2.85 bits per heavy atom. The molecule has 1 aliphatic rings. The van der Waals surface area contributed by atoms with Crippen molar-refractivity contribution < 1.29 is 0 Å². The van der Waals surface area contributed by atoms with Gasteiger partial charge in [-0.3, -0.25) is 4.90 Å². The van der Waals surface area contributed by atoms with Gasteiger partial charge in [0.1, 0.15) is 5.82 Å². The summed E-state index contributed by atoms with van der Waals surface area (Å²) in [4.78, 5) is 6.87. The summed E-state index contributed by atoms with van der Waals surface area (Å²) in [6.45, 7) is 9.87. The van der Waals surface area contributed by atoms with Crippen LogP contribution in [0.2, 0.25) is 0 Å². The van der Waals surface area contributed by atoms with Crippen LogP contribution in [0.1, 0.15) is 25.4 Å². The third-order valence-corrected chi connectivity index (χ3v) is 2.82. The predicted molar refractivity (Wildman–Crippen MR) is 52.5 cm³/mol. The van der Waals surface area contributed by atoms with Crippen molar-refractivity contribution in [3.63, 3.8) is 0 Å². The summed E-state index contributed by atoms with van der Waals surface area (Å²) in [5.74, 6) is 1.22. The van der Waals surface area contributed by atoms with Gasteiger partial charge in [-0.05, 0) is 20.8 Å². The fourth-order valence-corrected chi connectivity index (χ4v) is 1.87. The Hall–Kier alpha value is -0.830. The summed E-state index contributed by atoms with van der Waals surface area (Å²) in [7, 11) is 0. The van der Waals surface area contributed by atoms with Crippen molar-refractivity contribution in [3.8, 4) is 0 Å². The molecule has 2 rings (SSSR count). The van der Waals surface area contributed by atoms with Crippen LogP contribution in [0.3, 0.4) is 0 Å². The van der Waals surface area contributed by atoms with Gasteiger partial charge in [0, 0.05) is 31.0 Å². The quantitative estimate of drug-likeness (QED) is 0.650. The molecule has 72 valence electrons. The van der Waals surface area contributed by atoms with Crippen LogP contribution < -0.4 is 0 Å². The Kier molecular flexibility index (Phi) is 2.12. The molecule has 1 aliphatic heterocycles. The molecule has 0 amide bonds. The SMILES string of the molecule is Cc1cnc2n1CCN(C(C)C)C2. The molecule has 0 saturated carbocycles. The Bertz CT molecular complexity index is 301. The van der Waals surface area contributed by atoms with Crippen molar-refractivity contribution in [1.29, 1.82) is 0 Å². The molecule has 0 saturated heterocycles. The number of nitrogens with zero attached hydrogens (tertiary/aromatic N) is 3. The van der Waals surface area contributed by atoms with Crippen LogP contribution in [-0.2, 0) is 13.1 Å². The van der Waals surface area contributed by atoms with Crippen molar-refractivity contribution in [2.45, 2.75) is 39.9 Å². The van der Waals surface area contributed by atoms with E-state index in [1.54, 1.807) is 0 Å². The molecule has 0 N–H and O–H groups in total. The number of rotatable bonds is 1. The minimum Gasteiger partial charge on any atom is -0.330 e. The molecule has 2 heterocycles. The molecular formula is C10H17N3. The monoisotopic (exact) mass is 179 g/mol. The highest BCUT2D eigenvalue weighted by molar-refractivity contribution is 5.05. The van der Waals surface area contributed by atoms with E-state index in [2.05, 4.69) is 35.2 Å². The number of aryl methyl sites for hydroxylation is 1. The standard InChI is InChI=1S/C10H17N3/c1-8(2)12-4-5-13-9(3)6-11-10(13)7-12/h6,8H,4-5,7H2,1-3H3. The van der Waals surface area contributed by atoms with E-state index in [0.29, 0.717) is 6.04 Å². The van der Waals surface area contributed by atoms with Gasteiger partial charge in [-0.2, -0.15) is 0 Å². The molecule has 3 heteroatoms. The first kappa shape index (κ1) is 8.75. The summed E-state index contributed by atoms with van der Waals surface area (Å²) >= 11 is 0. The Morgan fingerprint density at radius 1 is 1.38 bits per heavy atom. The molecule has 13 heavy (non-hydrogen) atoms. The second-order valence-electron chi connectivity index (χ2n) is 4.03. The molecule has 0 radical (unpaired) electrons. The van der Waals surface area contributed by atoms with Crippen molar-refractivity contribution in [2.24, 2.45) is 0 Å². The molecule has 0 atom stereocenters. The highest BCUT2D eigenvalue weighted by atomic mass is 15.2. The maximum atomic E-state index is 4.41. The number of aromatic nitrogens is 2. The molecule has 0 fully saturated rings. The van der Waals surface area contributed by atoms with E-state index >= 15 is 0 Å².